The van der Waals surface area contributed by atoms with Crippen LogP contribution in [0.4, 0.5) is 0 Å². The van der Waals surface area contributed by atoms with E-state index >= 15 is 0 Å². The molecule has 1 unspecified atom stereocenters. The molecule has 0 aliphatic heterocycles. The molecule has 0 aromatic carbocycles. The van der Waals surface area contributed by atoms with Gasteiger partial charge in [0.2, 0.25) is 0 Å². The van der Waals surface area contributed by atoms with Gasteiger partial charge in [0.15, 0.2) is 5.65 Å². The Bertz CT molecular complexity index is 568. The lowest BCUT2D eigenvalue weighted by molar-refractivity contribution is 0.462. The van der Waals surface area contributed by atoms with Crippen LogP contribution in [0.5, 0.6) is 0 Å². The quantitative estimate of drug-likeness (QED) is 0.909. The van der Waals surface area contributed by atoms with Gasteiger partial charge in [-0.25, -0.2) is 9.97 Å². The van der Waals surface area contributed by atoms with Gasteiger partial charge in [0, 0.05) is 24.2 Å². The Morgan fingerprint density at radius 1 is 1.44 bits per heavy atom. The Kier molecular flexibility index (Phi) is 3.34. The molecule has 0 amide bonds. The van der Waals surface area contributed by atoms with Crippen LogP contribution in [0.25, 0.3) is 11.2 Å². The van der Waals surface area contributed by atoms with Crippen LogP contribution in [0.3, 0.4) is 0 Å². The van der Waals surface area contributed by atoms with Crippen molar-refractivity contribution in [2.45, 2.75) is 39.2 Å². The smallest absolute Gasteiger partial charge is 0.160 e. The van der Waals surface area contributed by atoms with Gasteiger partial charge in [0.1, 0.15) is 11.3 Å². The first-order valence-electron chi connectivity index (χ1n) is 6.08. The topological polar surface area (TPSA) is 56.7 Å². The highest BCUT2D eigenvalue weighted by Gasteiger charge is 2.25. The van der Waals surface area contributed by atoms with E-state index in [-0.39, 0.29) is 11.5 Å². The van der Waals surface area contributed by atoms with E-state index in [2.05, 4.69) is 42.2 Å². The maximum absolute atomic E-state index is 5.97. The molecule has 5 heteroatoms. The second kappa shape index (κ2) is 4.52. The molecule has 2 rings (SSSR count). The van der Waals surface area contributed by atoms with Crippen molar-refractivity contribution in [3.05, 3.63) is 23.1 Å². The van der Waals surface area contributed by atoms with E-state index in [4.69, 9.17) is 17.3 Å². The van der Waals surface area contributed by atoms with Gasteiger partial charge in [-0.3, -0.25) is 0 Å². The highest BCUT2D eigenvalue weighted by Crippen LogP contribution is 2.29. The summed E-state index contributed by atoms with van der Waals surface area (Å²) in [5.41, 5.74) is 7.41. The van der Waals surface area contributed by atoms with Crippen LogP contribution in [0.15, 0.2) is 12.3 Å². The number of nitrogens with two attached hydrogens (primary N) is 1. The second-order valence-electron chi connectivity index (χ2n) is 5.64. The van der Waals surface area contributed by atoms with Crippen LogP contribution < -0.4 is 5.73 Å². The Hall–Kier alpha value is -1.13. The van der Waals surface area contributed by atoms with Crippen molar-refractivity contribution in [3.63, 3.8) is 0 Å². The first kappa shape index (κ1) is 13.3. The van der Waals surface area contributed by atoms with Crippen molar-refractivity contribution in [2.75, 3.05) is 6.54 Å². The lowest BCUT2D eigenvalue weighted by Gasteiger charge is -2.23. The predicted octanol–water partition coefficient (Wildman–Crippen LogP) is 2.90. The molecule has 2 heterocycles. The molecule has 98 valence electrons. The number of hydrogen-bond donors (Lipinski definition) is 1. The molecule has 4 nitrogen and oxygen atoms in total. The van der Waals surface area contributed by atoms with Gasteiger partial charge in [-0.2, -0.15) is 0 Å². The number of imidazole rings is 1. The molecule has 0 aliphatic carbocycles. The van der Waals surface area contributed by atoms with Crippen LogP contribution >= 0.6 is 11.6 Å². The molecule has 0 radical (unpaired) electrons. The molecule has 0 saturated carbocycles. The molecular weight excluding hydrogens is 248 g/mol. The maximum atomic E-state index is 5.97. The third-order valence-electron chi connectivity index (χ3n) is 2.95. The van der Waals surface area contributed by atoms with E-state index in [0.29, 0.717) is 11.6 Å². The van der Waals surface area contributed by atoms with Gasteiger partial charge in [0.05, 0.1) is 5.02 Å². The van der Waals surface area contributed by atoms with Gasteiger partial charge in [-0.15, -0.1) is 0 Å². The summed E-state index contributed by atoms with van der Waals surface area (Å²) in [5, 5.41) is 0.605. The minimum atomic E-state index is -0.0589. The summed E-state index contributed by atoms with van der Waals surface area (Å²) in [6.45, 7) is 9.03. The fourth-order valence-electron chi connectivity index (χ4n) is 2.01. The molecule has 2 aromatic rings. The van der Waals surface area contributed by atoms with Crippen LogP contribution in [-0.4, -0.2) is 21.1 Å². The van der Waals surface area contributed by atoms with E-state index in [0.717, 1.165) is 17.0 Å². The normalized spacial score (nSPS) is 14.1. The van der Waals surface area contributed by atoms with E-state index in [1.807, 2.05) is 6.07 Å². The zero-order chi connectivity index (χ0) is 13.5. The summed E-state index contributed by atoms with van der Waals surface area (Å²) >= 11 is 5.97. The summed E-state index contributed by atoms with van der Waals surface area (Å²) in [5.74, 6) is 0.991. The molecular formula is C13H19ClN4. The summed E-state index contributed by atoms with van der Waals surface area (Å²) in [7, 11) is 0. The van der Waals surface area contributed by atoms with E-state index in [9.17, 15) is 0 Å². The van der Waals surface area contributed by atoms with Crippen molar-refractivity contribution in [1.29, 1.82) is 0 Å². The summed E-state index contributed by atoms with van der Waals surface area (Å²) in [6.07, 6.45) is 1.65. The molecule has 0 aliphatic rings. The number of rotatable bonds is 2. The average Bonchev–Trinajstić information content (AvgIpc) is 2.66. The van der Waals surface area contributed by atoms with Crippen LogP contribution in [0.1, 0.15) is 39.6 Å². The molecule has 0 spiro atoms. The fraction of sp³-hybridized carbons (Fsp3) is 0.538. The largest absolute Gasteiger partial charge is 0.328 e. The molecule has 18 heavy (non-hydrogen) atoms. The minimum Gasteiger partial charge on any atom is -0.328 e. The first-order valence-corrected chi connectivity index (χ1v) is 6.46. The summed E-state index contributed by atoms with van der Waals surface area (Å²) in [6, 6.07) is 2.01. The Morgan fingerprint density at radius 2 is 2.11 bits per heavy atom. The second-order valence-corrected chi connectivity index (χ2v) is 6.07. The van der Waals surface area contributed by atoms with Gasteiger partial charge in [-0.05, 0) is 13.0 Å². The summed E-state index contributed by atoms with van der Waals surface area (Å²) in [4.78, 5) is 9.07. The van der Waals surface area contributed by atoms with Crippen LogP contribution in [-0.2, 0) is 5.41 Å². The number of hydrogen-bond acceptors (Lipinski definition) is 3. The van der Waals surface area contributed by atoms with Gasteiger partial charge in [-0.1, -0.05) is 32.4 Å². The SMILES string of the molecule is CC(CN)n1c(C(C)(C)C)nc2cc(Cl)cnc21. The standard InChI is InChI=1S/C13H19ClN4/c1-8(6-15)18-11-10(5-9(14)7-16-11)17-12(18)13(2,3)4/h5,7-8H,6,15H2,1-4H3. The van der Waals surface area contributed by atoms with Gasteiger partial charge >= 0.3 is 0 Å². The average molecular weight is 267 g/mol. The van der Waals surface area contributed by atoms with E-state index < -0.39 is 0 Å². The zero-order valence-electron chi connectivity index (χ0n) is 11.2. The Balaban J connectivity index is 2.76. The van der Waals surface area contributed by atoms with E-state index in [1.54, 1.807) is 6.20 Å². The van der Waals surface area contributed by atoms with Crippen LogP contribution in [0.2, 0.25) is 5.02 Å². The molecule has 0 fully saturated rings. The highest BCUT2D eigenvalue weighted by molar-refractivity contribution is 6.31. The lowest BCUT2D eigenvalue weighted by atomic mass is 9.95. The van der Waals surface area contributed by atoms with Crippen LogP contribution in [0, 0.1) is 0 Å². The number of fused-ring (bicyclic) bond motifs is 1. The first-order chi connectivity index (χ1) is 8.34. The van der Waals surface area contributed by atoms with Gasteiger partial charge < -0.3 is 10.3 Å². The number of pyridine rings is 1. The maximum Gasteiger partial charge on any atom is 0.160 e. The molecule has 0 saturated heterocycles. The molecule has 1 atom stereocenters. The van der Waals surface area contributed by atoms with Gasteiger partial charge in [0.25, 0.3) is 0 Å². The Labute approximate surface area is 112 Å². The number of nitrogens with zero attached hydrogens (tertiary/aromatic N) is 3. The van der Waals surface area contributed by atoms with Crippen molar-refractivity contribution in [1.82, 2.24) is 14.5 Å². The third-order valence-corrected chi connectivity index (χ3v) is 3.16. The predicted molar refractivity (Wildman–Crippen MR) is 75.0 cm³/mol. The third kappa shape index (κ3) is 2.22. The molecule has 0 bridgehead atoms. The molecule has 2 aromatic heterocycles. The summed E-state index contributed by atoms with van der Waals surface area (Å²) < 4.78 is 2.12. The highest BCUT2D eigenvalue weighted by atomic mass is 35.5. The molecule has 2 N–H and O–H groups in total. The van der Waals surface area contributed by atoms with Crippen molar-refractivity contribution in [3.8, 4) is 0 Å². The number of aromatic nitrogens is 3. The van der Waals surface area contributed by atoms with Crippen molar-refractivity contribution < 1.29 is 0 Å². The fourth-order valence-corrected chi connectivity index (χ4v) is 2.16. The minimum absolute atomic E-state index is 0.0589. The van der Waals surface area contributed by atoms with Crippen molar-refractivity contribution >= 4 is 22.8 Å². The lowest BCUT2D eigenvalue weighted by Crippen LogP contribution is -2.25. The zero-order valence-corrected chi connectivity index (χ0v) is 12.0. The number of halogens is 1. The Morgan fingerprint density at radius 3 is 2.67 bits per heavy atom. The van der Waals surface area contributed by atoms with Crippen molar-refractivity contribution in [2.24, 2.45) is 5.73 Å². The van der Waals surface area contributed by atoms with E-state index in [1.165, 1.54) is 0 Å². The monoisotopic (exact) mass is 266 g/mol.